The maximum atomic E-state index is 11.1. The Hall–Kier alpha value is -2.44. The first-order valence-electron chi connectivity index (χ1n) is 7.40. The van der Waals surface area contributed by atoms with Crippen LogP contribution < -0.4 is 10.1 Å². The number of hydrogen-bond donors (Lipinski definition) is 2. The summed E-state index contributed by atoms with van der Waals surface area (Å²) in [5.74, 6) is 0.241. The van der Waals surface area contributed by atoms with E-state index in [9.17, 15) is 15.2 Å². The second kappa shape index (κ2) is 6.36. The number of nitro groups is 1. The molecule has 0 unspecified atom stereocenters. The maximum Gasteiger partial charge on any atom is 0.311 e. The zero-order valence-electron chi connectivity index (χ0n) is 12.7. The number of nitrogens with zero attached hydrogens (tertiary/aromatic N) is 1. The van der Waals surface area contributed by atoms with Crippen molar-refractivity contribution >= 4 is 5.69 Å². The molecule has 0 saturated heterocycles. The van der Waals surface area contributed by atoms with Gasteiger partial charge < -0.3 is 15.2 Å². The summed E-state index contributed by atoms with van der Waals surface area (Å²) in [7, 11) is 1.41. The molecule has 2 N–H and O–H groups in total. The number of hydrogen-bond acceptors (Lipinski definition) is 5. The highest BCUT2D eigenvalue weighted by atomic mass is 16.6. The molecule has 0 radical (unpaired) electrons. The molecule has 1 aliphatic rings. The fourth-order valence-corrected chi connectivity index (χ4v) is 3.04. The molecular weight excluding hydrogens is 296 g/mol. The van der Waals surface area contributed by atoms with Gasteiger partial charge in [-0.1, -0.05) is 30.3 Å². The third-order valence-corrected chi connectivity index (χ3v) is 4.17. The van der Waals surface area contributed by atoms with Gasteiger partial charge in [0.25, 0.3) is 0 Å². The van der Waals surface area contributed by atoms with E-state index in [0.29, 0.717) is 13.0 Å². The van der Waals surface area contributed by atoms with Crippen molar-refractivity contribution < 1.29 is 14.8 Å². The molecule has 120 valence electrons. The number of methoxy groups -OCH3 is 1. The van der Waals surface area contributed by atoms with Gasteiger partial charge in [-0.2, -0.15) is 0 Å². The van der Waals surface area contributed by atoms with Crippen LogP contribution in [0.1, 0.15) is 22.7 Å². The first-order chi connectivity index (χ1) is 11.1. The molecule has 2 aromatic rings. The Morgan fingerprint density at radius 2 is 2.13 bits per heavy atom. The zero-order chi connectivity index (χ0) is 16.4. The molecule has 0 bridgehead atoms. The zero-order valence-corrected chi connectivity index (χ0v) is 12.7. The van der Waals surface area contributed by atoms with E-state index in [1.54, 1.807) is 12.1 Å². The van der Waals surface area contributed by atoms with Gasteiger partial charge in [0.05, 0.1) is 24.2 Å². The highest BCUT2D eigenvalue weighted by Crippen LogP contribution is 2.32. The molecule has 0 amide bonds. The third kappa shape index (κ3) is 3.04. The first kappa shape index (κ1) is 15.5. The normalized spacial score (nSPS) is 19.4. The third-order valence-electron chi connectivity index (χ3n) is 4.17. The van der Waals surface area contributed by atoms with Gasteiger partial charge in [-0.05, 0) is 22.8 Å². The van der Waals surface area contributed by atoms with Crippen LogP contribution in [0.3, 0.4) is 0 Å². The van der Waals surface area contributed by atoms with Crippen molar-refractivity contribution in [2.24, 2.45) is 0 Å². The summed E-state index contributed by atoms with van der Waals surface area (Å²) in [5.41, 5.74) is 2.94. The van der Waals surface area contributed by atoms with Crippen molar-refractivity contribution in [3.63, 3.8) is 0 Å². The lowest BCUT2D eigenvalue weighted by molar-refractivity contribution is -0.385. The van der Waals surface area contributed by atoms with Gasteiger partial charge in [-0.25, -0.2) is 0 Å². The van der Waals surface area contributed by atoms with E-state index in [1.165, 1.54) is 13.2 Å². The summed E-state index contributed by atoms with van der Waals surface area (Å²) in [6, 6.07) is 12.6. The molecule has 2 aromatic carbocycles. The summed E-state index contributed by atoms with van der Waals surface area (Å²) >= 11 is 0. The Labute approximate surface area is 133 Å². The number of benzene rings is 2. The standard InChI is InChI=1S/C17H18N2O4/c1-23-16-7-6-11(8-14(16)19(21)22)10-18-17-13-5-3-2-4-12(13)9-15(17)20/h2-8,15,17-18,20H,9-10H2,1H3/t15-,17+/m0/s1. The van der Waals surface area contributed by atoms with Crippen LogP contribution in [0.5, 0.6) is 5.75 Å². The number of fused-ring (bicyclic) bond motifs is 1. The highest BCUT2D eigenvalue weighted by molar-refractivity contribution is 5.48. The molecule has 2 atom stereocenters. The number of aliphatic hydroxyl groups is 1. The summed E-state index contributed by atoms with van der Waals surface area (Å²) in [4.78, 5) is 10.6. The van der Waals surface area contributed by atoms with E-state index in [2.05, 4.69) is 5.32 Å². The van der Waals surface area contributed by atoms with Crippen molar-refractivity contribution in [1.82, 2.24) is 5.32 Å². The molecule has 0 aromatic heterocycles. The van der Waals surface area contributed by atoms with E-state index < -0.39 is 11.0 Å². The number of ether oxygens (including phenoxy) is 1. The van der Waals surface area contributed by atoms with Gasteiger partial charge >= 0.3 is 5.69 Å². The van der Waals surface area contributed by atoms with Crippen LogP contribution in [0.25, 0.3) is 0 Å². The monoisotopic (exact) mass is 314 g/mol. The average Bonchev–Trinajstić information content (AvgIpc) is 2.88. The van der Waals surface area contributed by atoms with Gasteiger partial charge in [0.15, 0.2) is 5.75 Å². The second-order valence-corrected chi connectivity index (χ2v) is 5.59. The number of nitro benzene ring substituents is 1. The van der Waals surface area contributed by atoms with Gasteiger partial charge in [0.1, 0.15) is 0 Å². The lowest BCUT2D eigenvalue weighted by Gasteiger charge is -2.18. The summed E-state index contributed by atoms with van der Waals surface area (Å²) in [5, 5.41) is 24.6. The van der Waals surface area contributed by atoms with Gasteiger partial charge in [-0.3, -0.25) is 10.1 Å². The lowest BCUT2D eigenvalue weighted by Crippen LogP contribution is -2.28. The molecular formula is C17H18N2O4. The van der Waals surface area contributed by atoms with Crippen molar-refractivity contribution in [2.45, 2.75) is 25.1 Å². The topological polar surface area (TPSA) is 84.6 Å². The smallest absolute Gasteiger partial charge is 0.311 e. The molecule has 1 aliphatic carbocycles. The van der Waals surface area contributed by atoms with E-state index >= 15 is 0 Å². The molecule has 6 heteroatoms. The Morgan fingerprint density at radius 3 is 2.87 bits per heavy atom. The lowest BCUT2D eigenvalue weighted by atomic mass is 10.1. The highest BCUT2D eigenvalue weighted by Gasteiger charge is 2.30. The molecule has 0 aliphatic heterocycles. The molecule has 0 heterocycles. The van der Waals surface area contributed by atoms with E-state index in [-0.39, 0.29) is 17.5 Å². The van der Waals surface area contributed by atoms with Crippen LogP contribution >= 0.6 is 0 Å². The van der Waals surface area contributed by atoms with Crippen LogP contribution in [-0.2, 0) is 13.0 Å². The molecule has 6 nitrogen and oxygen atoms in total. The van der Waals surface area contributed by atoms with Crippen LogP contribution in [0.2, 0.25) is 0 Å². The van der Waals surface area contributed by atoms with E-state index in [0.717, 1.165) is 16.7 Å². The quantitative estimate of drug-likeness (QED) is 0.653. The predicted molar refractivity (Wildman–Crippen MR) is 85.4 cm³/mol. The minimum atomic E-state index is -0.486. The largest absolute Gasteiger partial charge is 0.490 e. The van der Waals surface area contributed by atoms with Crippen molar-refractivity contribution in [2.75, 3.05) is 7.11 Å². The number of aliphatic hydroxyl groups excluding tert-OH is 1. The Balaban J connectivity index is 1.76. The molecule has 0 spiro atoms. The fraction of sp³-hybridized carbons (Fsp3) is 0.294. The van der Waals surface area contributed by atoms with Crippen LogP contribution in [0.15, 0.2) is 42.5 Å². The van der Waals surface area contributed by atoms with Gasteiger partial charge in [0.2, 0.25) is 0 Å². The molecule has 0 fully saturated rings. The van der Waals surface area contributed by atoms with Crippen molar-refractivity contribution in [1.29, 1.82) is 0 Å². The minimum Gasteiger partial charge on any atom is -0.490 e. The van der Waals surface area contributed by atoms with Crippen molar-refractivity contribution in [3.8, 4) is 5.75 Å². The van der Waals surface area contributed by atoms with Crippen LogP contribution in [0.4, 0.5) is 5.69 Å². The Bertz CT molecular complexity index is 732. The average molecular weight is 314 g/mol. The Morgan fingerprint density at radius 1 is 1.35 bits per heavy atom. The van der Waals surface area contributed by atoms with Crippen LogP contribution in [-0.4, -0.2) is 23.2 Å². The second-order valence-electron chi connectivity index (χ2n) is 5.59. The van der Waals surface area contributed by atoms with Gasteiger partial charge in [-0.15, -0.1) is 0 Å². The Kier molecular flexibility index (Phi) is 4.27. The SMILES string of the molecule is COc1ccc(CN[C@@H]2c3ccccc3C[C@@H]2O)cc1[N+](=O)[O-]. The maximum absolute atomic E-state index is 11.1. The first-order valence-corrected chi connectivity index (χ1v) is 7.40. The summed E-state index contributed by atoms with van der Waals surface area (Å²) < 4.78 is 5.00. The summed E-state index contributed by atoms with van der Waals surface area (Å²) in [6.07, 6.45) is 0.136. The molecule has 0 saturated carbocycles. The summed E-state index contributed by atoms with van der Waals surface area (Å²) in [6.45, 7) is 0.431. The minimum absolute atomic E-state index is 0.0563. The molecule has 23 heavy (non-hydrogen) atoms. The number of rotatable bonds is 5. The predicted octanol–water partition coefficient (Wildman–Crippen LogP) is 2.35. The fourth-order valence-electron chi connectivity index (χ4n) is 3.04. The van der Waals surface area contributed by atoms with Gasteiger partial charge in [0, 0.05) is 19.0 Å². The number of nitrogens with one attached hydrogen (secondary N) is 1. The van der Waals surface area contributed by atoms with Crippen molar-refractivity contribution in [3.05, 3.63) is 69.3 Å². The van der Waals surface area contributed by atoms with E-state index in [4.69, 9.17) is 4.74 Å². The molecule has 3 rings (SSSR count). The van der Waals surface area contributed by atoms with E-state index in [1.807, 2.05) is 24.3 Å². The van der Waals surface area contributed by atoms with Crippen LogP contribution in [0, 0.1) is 10.1 Å².